The summed E-state index contributed by atoms with van der Waals surface area (Å²) < 4.78 is 102. The molecule has 1 heterocycles. The van der Waals surface area contributed by atoms with E-state index in [1.807, 2.05) is 0 Å². The summed E-state index contributed by atoms with van der Waals surface area (Å²) in [7, 11) is -4.24. The highest BCUT2D eigenvalue weighted by Crippen LogP contribution is 2.41. The zero-order valence-electron chi connectivity index (χ0n) is 17.7. The van der Waals surface area contributed by atoms with Crippen molar-refractivity contribution >= 4 is 21.4 Å². The van der Waals surface area contributed by atoms with Gasteiger partial charge in [-0.15, -0.1) is 0 Å². The average molecular weight is 493 g/mol. The Labute approximate surface area is 187 Å². The van der Waals surface area contributed by atoms with Crippen LogP contribution in [0.15, 0.2) is 53.4 Å². The number of sulfone groups is 1. The highest BCUT2D eigenvalue weighted by molar-refractivity contribution is 7.92. The fourth-order valence-corrected chi connectivity index (χ4v) is 5.68. The largest absolute Gasteiger partial charge is 0.416 e. The summed E-state index contributed by atoms with van der Waals surface area (Å²) in [5, 5.41) is 0. The predicted octanol–water partition coefficient (Wildman–Crippen LogP) is 5.72. The molecule has 1 atom stereocenters. The maximum absolute atomic E-state index is 13.2. The van der Waals surface area contributed by atoms with Crippen LogP contribution in [0.3, 0.4) is 0 Å². The Morgan fingerprint density at radius 2 is 1.45 bits per heavy atom. The van der Waals surface area contributed by atoms with E-state index in [1.54, 1.807) is 0 Å². The van der Waals surface area contributed by atoms with Gasteiger partial charge in [0.1, 0.15) is 0 Å². The minimum atomic E-state index is -4.71. The Morgan fingerprint density at radius 3 is 1.97 bits per heavy atom. The number of alkyl halides is 6. The lowest BCUT2D eigenvalue weighted by atomic mass is 9.85. The Balaban J connectivity index is 1.82. The number of benzene rings is 2. The van der Waals surface area contributed by atoms with Gasteiger partial charge in [-0.05, 0) is 68.7 Å². The van der Waals surface area contributed by atoms with Gasteiger partial charge in [-0.3, -0.25) is 4.79 Å². The van der Waals surface area contributed by atoms with Crippen molar-refractivity contribution in [2.75, 3.05) is 11.4 Å². The standard InChI is InChI=1S/C22H21F6NO3S/c1-20(2,33(31,32)18-5-3-4-16(12-18)22(26,27)28)15-10-11-29(19(30)13-15)17-8-6-14(7-9-17)21(23,24)25/h3-9,12,15H,10-11,13H2,1-2H3/t15-/m1/s1. The van der Waals surface area contributed by atoms with Crippen molar-refractivity contribution in [3.63, 3.8) is 0 Å². The Bertz CT molecular complexity index is 1140. The summed E-state index contributed by atoms with van der Waals surface area (Å²) in [4.78, 5) is 13.5. The summed E-state index contributed by atoms with van der Waals surface area (Å²) in [5.41, 5.74) is -1.69. The van der Waals surface area contributed by atoms with E-state index < -0.39 is 54.8 Å². The molecule has 1 fully saturated rings. The lowest BCUT2D eigenvalue weighted by Crippen LogP contribution is -2.48. The van der Waals surface area contributed by atoms with Crippen LogP contribution >= 0.6 is 0 Å². The molecule has 1 aliphatic heterocycles. The Morgan fingerprint density at radius 1 is 0.879 bits per heavy atom. The molecule has 1 amide bonds. The van der Waals surface area contributed by atoms with Crippen molar-refractivity contribution in [1.82, 2.24) is 0 Å². The summed E-state index contributed by atoms with van der Waals surface area (Å²) >= 11 is 0. The molecule has 0 unspecified atom stereocenters. The smallest absolute Gasteiger partial charge is 0.312 e. The molecule has 3 rings (SSSR count). The number of hydrogen-bond donors (Lipinski definition) is 0. The molecule has 0 aliphatic carbocycles. The molecule has 0 saturated carbocycles. The number of rotatable bonds is 4. The summed E-state index contributed by atoms with van der Waals surface area (Å²) in [6.45, 7) is 2.80. The fourth-order valence-electron chi connectivity index (χ4n) is 3.89. The number of anilines is 1. The normalized spacial score (nSPS) is 18.5. The summed E-state index contributed by atoms with van der Waals surface area (Å²) in [6, 6.07) is 7.52. The van der Waals surface area contributed by atoms with Gasteiger partial charge in [0.05, 0.1) is 20.8 Å². The van der Waals surface area contributed by atoms with Crippen molar-refractivity contribution in [3.8, 4) is 0 Å². The van der Waals surface area contributed by atoms with E-state index in [9.17, 15) is 39.6 Å². The maximum atomic E-state index is 13.2. The van der Waals surface area contributed by atoms with Crippen LogP contribution in [0.25, 0.3) is 0 Å². The molecule has 11 heteroatoms. The van der Waals surface area contributed by atoms with Gasteiger partial charge in [0.2, 0.25) is 5.91 Å². The van der Waals surface area contributed by atoms with Crippen molar-refractivity contribution in [2.45, 2.75) is 48.7 Å². The number of nitrogens with zero attached hydrogens (tertiary/aromatic N) is 1. The van der Waals surface area contributed by atoms with Gasteiger partial charge in [0.25, 0.3) is 0 Å². The third-order valence-electron chi connectivity index (χ3n) is 6.08. The fraction of sp³-hybridized carbons (Fsp3) is 0.409. The van der Waals surface area contributed by atoms with E-state index in [2.05, 4.69) is 0 Å². The molecule has 0 bridgehead atoms. The number of piperidine rings is 1. The second kappa shape index (κ2) is 8.34. The number of carbonyl (C=O) groups excluding carboxylic acids is 1. The van der Waals surface area contributed by atoms with Crippen LogP contribution in [0.5, 0.6) is 0 Å². The van der Waals surface area contributed by atoms with Gasteiger partial charge in [0.15, 0.2) is 9.84 Å². The molecule has 0 N–H and O–H groups in total. The van der Waals surface area contributed by atoms with Crippen molar-refractivity contribution in [3.05, 3.63) is 59.7 Å². The first-order valence-electron chi connectivity index (χ1n) is 9.94. The first kappa shape index (κ1) is 25.1. The van der Waals surface area contributed by atoms with Crippen LogP contribution < -0.4 is 4.90 Å². The number of halogens is 6. The van der Waals surface area contributed by atoms with Crippen LogP contribution in [0.4, 0.5) is 32.0 Å². The first-order chi connectivity index (χ1) is 15.0. The molecule has 0 radical (unpaired) electrons. The Kier molecular flexibility index (Phi) is 6.33. The number of amides is 1. The molecule has 0 aromatic heterocycles. The van der Waals surface area contributed by atoms with Gasteiger partial charge in [-0.25, -0.2) is 8.42 Å². The molecule has 2 aromatic rings. The van der Waals surface area contributed by atoms with Crippen molar-refractivity contribution < 1.29 is 39.6 Å². The quantitative estimate of drug-likeness (QED) is 0.512. The number of hydrogen-bond acceptors (Lipinski definition) is 3. The maximum Gasteiger partial charge on any atom is 0.416 e. The molecule has 4 nitrogen and oxygen atoms in total. The van der Waals surface area contributed by atoms with E-state index in [-0.39, 0.29) is 25.1 Å². The zero-order valence-corrected chi connectivity index (χ0v) is 18.5. The van der Waals surface area contributed by atoms with Gasteiger partial charge in [0, 0.05) is 18.7 Å². The average Bonchev–Trinajstić information content (AvgIpc) is 2.72. The van der Waals surface area contributed by atoms with Gasteiger partial charge in [-0.1, -0.05) is 6.07 Å². The molecule has 0 spiro atoms. The molecule has 1 saturated heterocycles. The highest BCUT2D eigenvalue weighted by atomic mass is 32.2. The van der Waals surface area contributed by atoms with E-state index in [4.69, 9.17) is 0 Å². The summed E-state index contributed by atoms with van der Waals surface area (Å²) in [5.74, 6) is -1.17. The molecule has 180 valence electrons. The van der Waals surface area contributed by atoms with Crippen LogP contribution in [-0.2, 0) is 27.0 Å². The van der Waals surface area contributed by atoms with E-state index in [1.165, 1.54) is 30.9 Å². The van der Waals surface area contributed by atoms with Crippen LogP contribution in [-0.4, -0.2) is 25.6 Å². The van der Waals surface area contributed by atoms with E-state index in [0.29, 0.717) is 6.07 Å². The minimum Gasteiger partial charge on any atom is -0.312 e. The molecular formula is C22H21F6NO3S. The third-order valence-corrected chi connectivity index (χ3v) is 8.67. The molecule has 1 aliphatic rings. The lowest BCUT2D eigenvalue weighted by Gasteiger charge is -2.39. The van der Waals surface area contributed by atoms with Crippen LogP contribution in [0.2, 0.25) is 0 Å². The topological polar surface area (TPSA) is 54.5 Å². The van der Waals surface area contributed by atoms with Gasteiger partial charge in [-0.2, -0.15) is 26.3 Å². The lowest BCUT2D eigenvalue weighted by molar-refractivity contribution is -0.138. The second-order valence-electron chi connectivity index (χ2n) is 8.41. The second-order valence-corrected chi connectivity index (χ2v) is 10.9. The van der Waals surface area contributed by atoms with Crippen molar-refractivity contribution in [1.29, 1.82) is 0 Å². The Hall–Kier alpha value is -2.56. The predicted molar refractivity (Wildman–Crippen MR) is 109 cm³/mol. The molecular weight excluding hydrogens is 472 g/mol. The molecule has 33 heavy (non-hydrogen) atoms. The van der Waals surface area contributed by atoms with Gasteiger partial charge < -0.3 is 4.90 Å². The van der Waals surface area contributed by atoms with Crippen LogP contribution in [0, 0.1) is 5.92 Å². The minimum absolute atomic E-state index is 0.0659. The number of carbonyl (C=O) groups is 1. The highest BCUT2D eigenvalue weighted by Gasteiger charge is 2.46. The first-order valence-corrected chi connectivity index (χ1v) is 11.4. The third kappa shape index (κ3) is 4.87. The summed E-state index contributed by atoms with van der Waals surface area (Å²) in [6.07, 6.45) is -9.24. The van der Waals surface area contributed by atoms with Crippen LogP contribution in [0.1, 0.15) is 37.8 Å². The molecule has 2 aromatic carbocycles. The SMILES string of the molecule is CC(C)([C@@H]1CCN(c2ccc(C(F)(F)F)cc2)C(=O)C1)S(=O)(=O)c1cccc(C(F)(F)F)c1. The van der Waals surface area contributed by atoms with Gasteiger partial charge >= 0.3 is 12.4 Å². The zero-order chi connectivity index (χ0) is 24.8. The van der Waals surface area contributed by atoms with E-state index >= 15 is 0 Å². The van der Waals surface area contributed by atoms with E-state index in [0.717, 1.165) is 30.3 Å². The van der Waals surface area contributed by atoms with Crippen molar-refractivity contribution in [2.24, 2.45) is 5.92 Å². The monoisotopic (exact) mass is 493 g/mol.